The average molecular weight is 320 g/mol. The zero-order valence-electron chi connectivity index (χ0n) is 13.0. The van der Waals surface area contributed by atoms with E-state index in [1.807, 2.05) is 0 Å². The number of hydrogen-bond donors (Lipinski definition) is 0. The van der Waals surface area contributed by atoms with Crippen LogP contribution in [0.25, 0.3) is 0 Å². The van der Waals surface area contributed by atoms with Crippen molar-refractivity contribution >= 4 is 17.4 Å². The van der Waals surface area contributed by atoms with Gasteiger partial charge in [0.15, 0.2) is 8.32 Å². The van der Waals surface area contributed by atoms with Crippen LogP contribution in [0.5, 0.6) is 0 Å². The summed E-state index contributed by atoms with van der Waals surface area (Å²) in [6.45, 7) is 12.7. The molecule has 0 aromatic carbocycles. The predicted octanol–water partition coefficient (Wildman–Crippen LogP) is 1.59. The Kier molecular flexibility index (Phi) is 6.21. The van der Waals surface area contributed by atoms with Gasteiger partial charge in [-0.3, -0.25) is 0 Å². The molecular weight excluding hydrogens is 292 g/mol. The Labute approximate surface area is 124 Å². The van der Waals surface area contributed by atoms with E-state index in [1.54, 1.807) is 0 Å². The monoisotopic (exact) mass is 319 g/mol. The number of ether oxygens (including phenoxy) is 4. The lowest BCUT2D eigenvalue weighted by Crippen LogP contribution is -2.43. The van der Waals surface area contributed by atoms with E-state index in [9.17, 15) is 0 Å². The first-order chi connectivity index (χ1) is 9.44. The van der Waals surface area contributed by atoms with E-state index in [2.05, 4.69) is 26.2 Å². The van der Waals surface area contributed by atoms with Crippen LogP contribution in [-0.2, 0) is 23.1 Å². The minimum atomic E-state index is -1.51. The molecule has 0 N–H and O–H groups in total. The average Bonchev–Trinajstić information content (AvgIpc) is 3.20. The Hall–Kier alpha value is 0.234. The van der Waals surface area contributed by atoms with Crippen LogP contribution in [0.15, 0.2) is 0 Å². The molecule has 117 valence electrons. The van der Waals surface area contributed by atoms with Gasteiger partial charge < -0.3 is 23.1 Å². The second-order valence-electron chi connectivity index (χ2n) is 6.42. The van der Waals surface area contributed by atoms with Crippen molar-refractivity contribution < 1.29 is 23.1 Å². The van der Waals surface area contributed by atoms with Gasteiger partial charge in [0, 0.05) is 6.61 Å². The van der Waals surface area contributed by atoms with Gasteiger partial charge in [-0.2, -0.15) is 0 Å². The number of hydrogen-bond acceptors (Lipinski definition) is 5. The van der Waals surface area contributed by atoms with Gasteiger partial charge in [0.05, 0.1) is 32.2 Å². The Bertz CT molecular complexity index is 289. The summed E-state index contributed by atoms with van der Waals surface area (Å²) in [6, 6.07) is 0. The summed E-state index contributed by atoms with van der Waals surface area (Å²) in [6.07, 6.45) is 1.54. The number of rotatable bonds is 11. The third-order valence-electron chi connectivity index (χ3n) is 3.04. The van der Waals surface area contributed by atoms with E-state index in [0.717, 1.165) is 19.6 Å². The van der Waals surface area contributed by atoms with Gasteiger partial charge in [-0.25, -0.2) is 0 Å². The highest BCUT2D eigenvalue weighted by molar-refractivity contribution is 6.77. The molecule has 0 bridgehead atoms. The maximum absolute atomic E-state index is 6.24. The molecule has 3 unspecified atom stereocenters. The van der Waals surface area contributed by atoms with Crippen molar-refractivity contribution in [3.63, 3.8) is 0 Å². The van der Waals surface area contributed by atoms with Gasteiger partial charge >= 0.3 is 0 Å². The summed E-state index contributed by atoms with van der Waals surface area (Å²) in [7, 11) is -2.47. The van der Waals surface area contributed by atoms with E-state index < -0.39 is 17.4 Å². The minimum Gasteiger partial charge on any atom is -0.454 e. The summed E-state index contributed by atoms with van der Waals surface area (Å²) in [4.78, 5) is 0. The lowest BCUT2D eigenvalue weighted by molar-refractivity contribution is 0.0433. The van der Waals surface area contributed by atoms with Crippen molar-refractivity contribution in [3.05, 3.63) is 0 Å². The smallest absolute Gasteiger partial charge is 0.226 e. The maximum Gasteiger partial charge on any atom is 0.226 e. The summed E-state index contributed by atoms with van der Waals surface area (Å²) >= 11 is 0. The van der Waals surface area contributed by atoms with Gasteiger partial charge in [-0.05, 0) is 32.6 Å². The van der Waals surface area contributed by atoms with Gasteiger partial charge in [0.2, 0.25) is 9.04 Å². The molecule has 2 aliphatic rings. The Morgan fingerprint density at radius 1 is 1.15 bits per heavy atom. The van der Waals surface area contributed by atoms with Crippen molar-refractivity contribution in [2.24, 2.45) is 0 Å². The molecule has 20 heavy (non-hydrogen) atoms. The van der Waals surface area contributed by atoms with Crippen LogP contribution in [0.4, 0.5) is 0 Å². The molecule has 0 aromatic heterocycles. The van der Waals surface area contributed by atoms with Gasteiger partial charge in [0.1, 0.15) is 12.2 Å². The molecule has 0 amide bonds. The van der Waals surface area contributed by atoms with Gasteiger partial charge in [-0.15, -0.1) is 0 Å². The van der Waals surface area contributed by atoms with Crippen LogP contribution in [0.1, 0.15) is 6.42 Å². The Morgan fingerprint density at radius 2 is 1.75 bits per heavy atom. The first-order valence-corrected chi connectivity index (χ1v) is 12.8. The van der Waals surface area contributed by atoms with Crippen LogP contribution >= 0.6 is 0 Å². The standard InChI is InChI=1S/C13H27O5Si2/c1-19(18-20(2,3)4)13(17-10-12-9-16-12)5-6-14-7-11-8-15-11/h11-13H,5-10H2,1-4H3. The molecule has 7 heteroatoms. The quantitative estimate of drug-likeness (QED) is 0.329. The SMILES string of the molecule is C[Si](O[Si](C)(C)C)C(CCOCC1CO1)OCC1CO1. The van der Waals surface area contributed by atoms with Crippen molar-refractivity contribution in [2.75, 3.05) is 33.0 Å². The van der Waals surface area contributed by atoms with Crippen LogP contribution < -0.4 is 0 Å². The fraction of sp³-hybridized carbons (Fsp3) is 1.00. The Morgan fingerprint density at radius 3 is 2.30 bits per heavy atom. The summed E-state index contributed by atoms with van der Waals surface area (Å²) in [5.74, 6) is 0. The first-order valence-electron chi connectivity index (χ1n) is 7.39. The lowest BCUT2D eigenvalue weighted by Gasteiger charge is -2.28. The zero-order valence-corrected chi connectivity index (χ0v) is 15.0. The highest BCUT2D eigenvalue weighted by Crippen LogP contribution is 2.16. The second-order valence-corrected chi connectivity index (χ2v) is 13.3. The maximum atomic E-state index is 6.24. The molecule has 2 rings (SSSR count). The molecule has 2 aliphatic heterocycles. The molecular formula is C13H27O5Si2. The van der Waals surface area contributed by atoms with Crippen LogP contribution in [-0.4, -0.2) is 68.3 Å². The zero-order chi connectivity index (χ0) is 14.6. The summed E-state index contributed by atoms with van der Waals surface area (Å²) in [5.41, 5.74) is 0.177. The van der Waals surface area contributed by atoms with Gasteiger partial charge in [0.25, 0.3) is 0 Å². The van der Waals surface area contributed by atoms with Crippen molar-refractivity contribution in [2.45, 2.75) is 50.5 Å². The molecule has 0 aromatic rings. The largest absolute Gasteiger partial charge is 0.454 e. The Balaban J connectivity index is 1.68. The van der Waals surface area contributed by atoms with E-state index in [4.69, 9.17) is 23.1 Å². The topological polar surface area (TPSA) is 52.8 Å². The molecule has 1 radical (unpaired) electrons. The van der Waals surface area contributed by atoms with Crippen LogP contribution in [0, 0.1) is 0 Å². The normalized spacial score (nSPS) is 26.9. The fourth-order valence-electron chi connectivity index (χ4n) is 1.91. The van der Waals surface area contributed by atoms with E-state index in [-0.39, 0.29) is 5.73 Å². The van der Waals surface area contributed by atoms with Crippen LogP contribution in [0.2, 0.25) is 26.2 Å². The highest BCUT2D eigenvalue weighted by atomic mass is 28.4. The van der Waals surface area contributed by atoms with Crippen molar-refractivity contribution in [3.8, 4) is 0 Å². The molecule has 2 fully saturated rings. The number of epoxide rings is 2. The molecule has 0 aliphatic carbocycles. The molecule has 2 saturated heterocycles. The van der Waals surface area contributed by atoms with E-state index >= 15 is 0 Å². The fourth-order valence-corrected chi connectivity index (χ4v) is 7.15. The third kappa shape index (κ3) is 7.30. The van der Waals surface area contributed by atoms with E-state index in [1.165, 1.54) is 0 Å². The summed E-state index contributed by atoms with van der Waals surface area (Å²) in [5, 5.41) is 0. The minimum absolute atomic E-state index is 0.177. The first kappa shape index (κ1) is 16.6. The molecule has 2 heterocycles. The molecule has 5 nitrogen and oxygen atoms in total. The molecule has 3 atom stereocenters. The summed E-state index contributed by atoms with van der Waals surface area (Å²) < 4.78 is 28.2. The van der Waals surface area contributed by atoms with Crippen LogP contribution in [0.3, 0.4) is 0 Å². The highest BCUT2D eigenvalue weighted by Gasteiger charge is 2.31. The van der Waals surface area contributed by atoms with Crippen molar-refractivity contribution in [1.29, 1.82) is 0 Å². The third-order valence-corrected chi connectivity index (χ3v) is 8.14. The molecule has 0 spiro atoms. The van der Waals surface area contributed by atoms with E-state index in [0.29, 0.717) is 32.0 Å². The lowest BCUT2D eigenvalue weighted by atomic mass is 10.4. The molecule has 0 saturated carbocycles. The predicted molar refractivity (Wildman–Crippen MR) is 80.7 cm³/mol. The second kappa shape index (κ2) is 7.48. The van der Waals surface area contributed by atoms with Crippen molar-refractivity contribution in [1.82, 2.24) is 0 Å². The van der Waals surface area contributed by atoms with Gasteiger partial charge in [-0.1, -0.05) is 0 Å².